The molecule has 2 atom stereocenters. The van der Waals surface area contributed by atoms with Crippen LogP contribution in [0.3, 0.4) is 0 Å². The molecule has 0 radical (unpaired) electrons. The van der Waals surface area contributed by atoms with Crippen molar-refractivity contribution in [1.29, 1.82) is 0 Å². The molecule has 19 heavy (non-hydrogen) atoms. The Balaban J connectivity index is 2.62. The van der Waals surface area contributed by atoms with Crippen molar-refractivity contribution in [2.24, 2.45) is 11.8 Å². The molecule has 0 amide bonds. The molecule has 2 nitrogen and oxygen atoms in total. The summed E-state index contributed by atoms with van der Waals surface area (Å²) in [4.78, 5) is 12.0. The standard InChI is InChI=1S/C17H28O2/c1-6-9-14-10-7-8-11-15(13(14)2)12-16(18)19-17(3,4)5/h6,14-15H,1-2,7-12H2,3-5H3. The number of rotatable bonds is 4. The summed E-state index contributed by atoms with van der Waals surface area (Å²) in [6.07, 6.45) is 8.06. The summed E-state index contributed by atoms with van der Waals surface area (Å²) < 4.78 is 5.42. The maximum atomic E-state index is 12.0. The minimum atomic E-state index is -0.399. The first-order valence-electron chi connectivity index (χ1n) is 7.35. The molecular formula is C17H28O2. The summed E-state index contributed by atoms with van der Waals surface area (Å²) in [6, 6.07) is 0. The van der Waals surface area contributed by atoms with Crippen LogP contribution in [-0.4, -0.2) is 11.6 Å². The number of allylic oxidation sites excluding steroid dienone is 2. The molecule has 1 fully saturated rings. The molecule has 0 saturated heterocycles. The summed E-state index contributed by atoms with van der Waals surface area (Å²) in [6.45, 7) is 13.8. The second-order valence-electron chi connectivity index (χ2n) is 6.57. The Kier molecular flexibility index (Phi) is 5.84. The fourth-order valence-corrected chi connectivity index (χ4v) is 2.77. The number of carbonyl (C=O) groups excluding carboxylic acids is 1. The molecule has 0 heterocycles. The molecule has 108 valence electrons. The molecule has 1 rings (SSSR count). The van der Waals surface area contributed by atoms with Crippen molar-refractivity contribution in [3.05, 3.63) is 24.8 Å². The van der Waals surface area contributed by atoms with E-state index >= 15 is 0 Å². The lowest BCUT2D eigenvalue weighted by atomic mass is 9.84. The van der Waals surface area contributed by atoms with E-state index in [1.54, 1.807) is 0 Å². The van der Waals surface area contributed by atoms with Crippen molar-refractivity contribution in [1.82, 2.24) is 0 Å². The fraction of sp³-hybridized carbons (Fsp3) is 0.706. The fourth-order valence-electron chi connectivity index (χ4n) is 2.77. The highest BCUT2D eigenvalue weighted by atomic mass is 16.6. The van der Waals surface area contributed by atoms with Crippen LogP contribution in [0.15, 0.2) is 24.8 Å². The number of esters is 1. The van der Waals surface area contributed by atoms with E-state index in [1.807, 2.05) is 26.8 Å². The molecule has 2 unspecified atom stereocenters. The van der Waals surface area contributed by atoms with Gasteiger partial charge in [-0.25, -0.2) is 0 Å². The van der Waals surface area contributed by atoms with Crippen LogP contribution in [0.2, 0.25) is 0 Å². The van der Waals surface area contributed by atoms with Gasteiger partial charge in [-0.05, 0) is 51.9 Å². The van der Waals surface area contributed by atoms with E-state index in [-0.39, 0.29) is 11.9 Å². The predicted molar refractivity (Wildman–Crippen MR) is 79.9 cm³/mol. The lowest BCUT2D eigenvalue weighted by molar-refractivity contribution is -0.155. The van der Waals surface area contributed by atoms with Gasteiger partial charge in [-0.3, -0.25) is 4.79 Å². The van der Waals surface area contributed by atoms with Gasteiger partial charge in [0.25, 0.3) is 0 Å². The highest BCUT2D eigenvalue weighted by Gasteiger charge is 2.27. The maximum absolute atomic E-state index is 12.0. The van der Waals surface area contributed by atoms with E-state index in [0.29, 0.717) is 12.3 Å². The molecule has 0 N–H and O–H groups in total. The molecule has 0 aromatic heterocycles. The van der Waals surface area contributed by atoms with Gasteiger partial charge in [0.05, 0.1) is 6.42 Å². The summed E-state index contributed by atoms with van der Waals surface area (Å²) >= 11 is 0. The Hall–Kier alpha value is -1.05. The average molecular weight is 264 g/mol. The van der Waals surface area contributed by atoms with Crippen LogP contribution >= 0.6 is 0 Å². The minimum Gasteiger partial charge on any atom is -0.460 e. The first-order chi connectivity index (χ1) is 8.83. The van der Waals surface area contributed by atoms with Crippen LogP contribution in [0, 0.1) is 11.8 Å². The first-order valence-corrected chi connectivity index (χ1v) is 7.35. The van der Waals surface area contributed by atoms with E-state index in [4.69, 9.17) is 4.74 Å². The van der Waals surface area contributed by atoms with Gasteiger partial charge in [0.1, 0.15) is 5.60 Å². The molecule has 0 spiro atoms. The zero-order chi connectivity index (χ0) is 14.5. The van der Waals surface area contributed by atoms with E-state index in [2.05, 4.69) is 13.2 Å². The van der Waals surface area contributed by atoms with Gasteiger partial charge in [-0.2, -0.15) is 0 Å². The van der Waals surface area contributed by atoms with E-state index in [9.17, 15) is 4.79 Å². The normalized spacial score (nSPS) is 24.7. The predicted octanol–water partition coefficient (Wildman–Crippen LogP) is 4.66. The molecule has 1 aliphatic carbocycles. The molecule has 0 aliphatic heterocycles. The topological polar surface area (TPSA) is 26.3 Å². The van der Waals surface area contributed by atoms with E-state index in [0.717, 1.165) is 12.8 Å². The summed E-state index contributed by atoms with van der Waals surface area (Å²) in [5.41, 5.74) is 0.826. The van der Waals surface area contributed by atoms with Crippen LogP contribution in [-0.2, 0) is 9.53 Å². The van der Waals surface area contributed by atoms with Gasteiger partial charge in [0.2, 0.25) is 0 Å². The van der Waals surface area contributed by atoms with Crippen LogP contribution in [0.4, 0.5) is 0 Å². The van der Waals surface area contributed by atoms with Crippen molar-refractivity contribution in [2.45, 2.75) is 64.9 Å². The van der Waals surface area contributed by atoms with Gasteiger partial charge in [-0.1, -0.05) is 31.1 Å². The van der Waals surface area contributed by atoms with Gasteiger partial charge in [-0.15, -0.1) is 6.58 Å². The van der Waals surface area contributed by atoms with Crippen molar-refractivity contribution in [3.8, 4) is 0 Å². The van der Waals surface area contributed by atoms with Gasteiger partial charge >= 0.3 is 5.97 Å². The number of ether oxygens (including phenoxy) is 1. The summed E-state index contributed by atoms with van der Waals surface area (Å²) in [7, 11) is 0. The third-order valence-corrected chi connectivity index (χ3v) is 3.69. The van der Waals surface area contributed by atoms with Gasteiger partial charge < -0.3 is 4.74 Å². The molecule has 1 saturated carbocycles. The Morgan fingerprint density at radius 1 is 1.32 bits per heavy atom. The Bertz CT molecular complexity index is 336. The molecule has 0 bridgehead atoms. The molecule has 2 heteroatoms. The van der Waals surface area contributed by atoms with Crippen molar-refractivity contribution in [2.75, 3.05) is 0 Å². The summed E-state index contributed by atoms with van der Waals surface area (Å²) in [5.74, 6) is 0.674. The largest absolute Gasteiger partial charge is 0.460 e. The van der Waals surface area contributed by atoms with Crippen LogP contribution < -0.4 is 0 Å². The highest BCUT2D eigenvalue weighted by molar-refractivity contribution is 5.70. The molecule has 0 aromatic rings. The second-order valence-corrected chi connectivity index (χ2v) is 6.57. The zero-order valence-electron chi connectivity index (χ0n) is 12.7. The maximum Gasteiger partial charge on any atom is 0.306 e. The van der Waals surface area contributed by atoms with Crippen molar-refractivity contribution >= 4 is 5.97 Å². The van der Waals surface area contributed by atoms with Crippen molar-refractivity contribution in [3.63, 3.8) is 0 Å². The number of carbonyl (C=O) groups is 1. The van der Waals surface area contributed by atoms with Gasteiger partial charge in [0.15, 0.2) is 0 Å². The monoisotopic (exact) mass is 264 g/mol. The number of hydrogen-bond donors (Lipinski definition) is 0. The first kappa shape index (κ1) is 16.0. The molecule has 1 aliphatic rings. The number of hydrogen-bond acceptors (Lipinski definition) is 2. The zero-order valence-corrected chi connectivity index (χ0v) is 12.7. The quantitative estimate of drug-likeness (QED) is 0.419. The second kappa shape index (κ2) is 6.93. The lowest BCUT2D eigenvalue weighted by Gasteiger charge is -2.25. The Morgan fingerprint density at radius 3 is 2.42 bits per heavy atom. The third kappa shape index (κ3) is 5.63. The van der Waals surface area contributed by atoms with Crippen LogP contribution in [0.5, 0.6) is 0 Å². The van der Waals surface area contributed by atoms with Gasteiger partial charge in [0, 0.05) is 0 Å². The van der Waals surface area contributed by atoms with E-state index < -0.39 is 5.60 Å². The highest BCUT2D eigenvalue weighted by Crippen LogP contribution is 2.36. The molecular weight excluding hydrogens is 236 g/mol. The summed E-state index contributed by atoms with van der Waals surface area (Å²) in [5, 5.41) is 0. The lowest BCUT2D eigenvalue weighted by Crippen LogP contribution is -2.26. The van der Waals surface area contributed by atoms with E-state index in [1.165, 1.54) is 24.8 Å². The molecule has 0 aromatic carbocycles. The minimum absolute atomic E-state index is 0.0992. The van der Waals surface area contributed by atoms with Crippen LogP contribution in [0.25, 0.3) is 0 Å². The average Bonchev–Trinajstić information content (AvgIpc) is 2.42. The Labute approximate surface area is 117 Å². The van der Waals surface area contributed by atoms with Crippen molar-refractivity contribution < 1.29 is 9.53 Å². The van der Waals surface area contributed by atoms with Crippen LogP contribution in [0.1, 0.15) is 59.3 Å². The smallest absolute Gasteiger partial charge is 0.306 e. The third-order valence-electron chi connectivity index (χ3n) is 3.69. The Morgan fingerprint density at radius 2 is 1.89 bits per heavy atom. The SMILES string of the molecule is C=CCC1CCCCC(CC(=O)OC(C)(C)C)C1=C.